The molecule has 174 valence electrons. The number of carbonyl (C=O) groups excluding carboxylic acids is 1. The first-order valence-corrected chi connectivity index (χ1v) is 12.2. The number of ether oxygens (including phenoxy) is 2. The SMILES string of the molecule is Cc1ccc(S(=O)(=O)n2ccc3ccc(CCNC(=O)Nc4ccc5c(c4)OCO5)cc32)cc1. The van der Waals surface area contributed by atoms with E-state index in [4.69, 9.17) is 9.47 Å². The van der Waals surface area contributed by atoms with E-state index in [2.05, 4.69) is 10.6 Å². The number of fused-ring (bicyclic) bond motifs is 2. The minimum atomic E-state index is -3.71. The number of anilines is 1. The summed E-state index contributed by atoms with van der Waals surface area (Å²) in [5, 5.41) is 6.41. The molecule has 34 heavy (non-hydrogen) atoms. The van der Waals surface area contributed by atoms with Gasteiger partial charge in [-0.2, -0.15) is 0 Å². The van der Waals surface area contributed by atoms with Crippen molar-refractivity contribution in [3.8, 4) is 11.5 Å². The molecule has 0 fully saturated rings. The number of rotatable bonds is 6. The number of nitrogens with one attached hydrogen (secondary N) is 2. The van der Waals surface area contributed by atoms with Crippen LogP contribution in [0.4, 0.5) is 10.5 Å². The first kappa shape index (κ1) is 21.8. The molecule has 9 heteroatoms. The van der Waals surface area contributed by atoms with Crippen molar-refractivity contribution < 1.29 is 22.7 Å². The van der Waals surface area contributed by atoms with Crippen LogP contribution in [0.5, 0.6) is 11.5 Å². The molecule has 1 aliphatic heterocycles. The van der Waals surface area contributed by atoms with Crippen LogP contribution in [0.1, 0.15) is 11.1 Å². The molecule has 2 amide bonds. The molecule has 5 rings (SSSR count). The van der Waals surface area contributed by atoms with Crippen LogP contribution in [0.2, 0.25) is 0 Å². The summed E-state index contributed by atoms with van der Waals surface area (Å²) >= 11 is 0. The van der Waals surface area contributed by atoms with E-state index in [1.807, 2.05) is 25.1 Å². The van der Waals surface area contributed by atoms with Crippen molar-refractivity contribution in [1.82, 2.24) is 9.29 Å². The summed E-state index contributed by atoms with van der Waals surface area (Å²) in [6, 6.07) is 19.1. The molecule has 0 unspecified atom stereocenters. The van der Waals surface area contributed by atoms with Crippen LogP contribution in [-0.2, 0) is 16.4 Å². The van der Waals surface area contributed by atoms with Crippen LogP contribution in [0.15, 0.2) is 77.8 Å². The van der Waals surface area contributed by atoms with Gasteiger partial charge in [0.05, 0.1) is 10.4 Å². The minimum Gasteiger partial charge on any atom is -0.454 e. The van der Waals surface area contributed by atoms with E-state index >= 15 is 0 Å². The third-order valence-electron chi connectivity index (χ3n) is 5.63. The lowest BCUT2D eigenvalue weighted by Crippen LogP contribution is -2.30. The van der Waals surface area contributed by atoms with Gasteiger partial charge < -0.3 is 20.1 Å². The Morgan fingerprint density at radius 3 is 2.59 bits per heavy atom. The van der Waals surface area contributed by atoms with Gasteiger partial charge in [0.25, 0.3) is 10.0 Å². The first-order valence-electron chi connectivity index (χ1n) is 10.8. The molecule has 0 aliphatic carbocycles. The van der Waals surface area contributed by atoms with Crippen molar-refractivity contribution >= 4 is 32.6 Å². The molecule has 0 radical (unpaired) electrons. The van der Waals surface area contributed by atoms with Crippen molar-refractivity contribution in [1.29, 1.82) is 0 Å². The van der Waals surface area contributed by atoms with Gasteiger partial charge in [-0.3, -0.25) is 0 Å². The highest BCUT2D eigenvalue weighted by Gasteiger charge is 2.19. The smallest absolute Gasteiger partial charge is 0.319 e. The summed E-state index contributed by atoms with van der Waals surface area (Å²) in [6.07, 6.45) is 2.11. The second-order valence-corrected chi connectivity index (χ2v) is 9.84. The molecule has 0 saturated heterocycles. The fourth-order valence-corrected chi connectivity index (χ4v) is 5.15. The largest absolute Gasteiger partial charge is 0.454 e. The number of carbonyl (C=O) groups is 1. The van der Waals surface area contributed by atoms with E-state index in [-0.39, 0.29) is 17.7 Å². The van der Waals surface area contributed by atoms with Crippen LogP contribution in [-0.4, -0.2) is 31.8 Å². The third-order valence-corrected chi connectivity index (χ3v) is 7.33. The first-order chi connectivity index (χ1) is 16.4. The van der Waals surface area contributed by atoms with Gasteiger partial charge in [-0.15, -0.1) is 0 Å². The van der Waals surface area contributed by atoms with E-state index in [1.54, 1.807) is 54.7 Å². The van der Waals surface area contributed by atoms with Crippen LogP contribution in [0.3, 0.4) is 0 Å². The highest BCUT2D eigenvalue weighted by molar-refractivity contribution is 7.90. The molecule has 0 atom stereocenters. The highest BCUT2D eigenvalue weighted by atomic mass is 32.2. The van der Waals surface area contributed by atoms with Gasteiger partial charge in [0, 0.05) is 29.9 Å². The van der Waals surface area contributed by atoms with Gasteiger partial charge in [0.1, 0.15) is 0 Å². The van der Waals surface area contributed by atoms with Gasteiger partial charge in [-0.25, -0.2) is 17.2 Å². The number of hydrogen-bond acceptors (Lipinski definition) is 5. The number of urea groups is 1. The van der Waals surface area contributed by atoms with Crippen LogP contribution in [0, 0.1) is 6.92 Å². The van der Waals surface area contributed by atoms with Crippen molar-refractivity contribution in [3.05, 3.63) is 84.1 Å². The Labute approximate surface area is 197 Å². The number of nitrogens with zero attached hydrogens (tertiary/aromatic N) is 1. The molecule has 0 bridgehead atoms. The molecule has 4 aromatic rings. The summed E-state index contributed by atoms with van der Waals surface area (Å²) in [5.41, 5.74) is 3.11. The second kappa shape index (κ2) is 8.75. The van der Waals surface area contributed by atoms with Crippen LogP contribution >= 0.6 is 0 Å². The Morgan fingerprint density at radius 1 is 0.971 bits per heavy atom. The molecule has 2 heterocycles. The molecule has 8 nitrogen and oxygen atoms in total. The van der Waals surface area contributed by atoms with Gasteiger partial charge >= 0.3 is 6.03 Å². The van der Waals surface area contributed by atoms with E-state index in [1.165, 1.54) is 3.97 Å². The number of hydrogen-bond donors (Lipinski definition) is 2. The number of aryl methyl sites for hydroxylation is 1. The van der Waals surface area contributed by atoms with E-state index in [0.29, 0.717) is 35.7 Å². The minimum absolute atomic E-state index is 0.172. The van der Waals surface area contributed by atoms with Gasteiger partial charge in [-0.05, 0) is 55.3 Å². The summed E-state index contributed by atoms with van der Waals surface area (Å²) in [6.45, 7) is 2.47. The number of amides is 2. The van der Waals surface area contributed by atoms with Gasteiger partial charge in [0.15, 0.2) is 11.5 Å². The Balaban J connectivity index is 1.26. The zero-order chi connectivity index (χ0) is 23.7. The van der Waals surface area contributed by atoms with Gasteiger partial charge in [0.2, 0.25) is 6.79 Å². The topological polar surface area (TPSA) is 98.7 Å². The second-order valence-electron chi connectivity index (χ2n) is 8.02. The summed E-state index contributed by atoms with van der Waals surface area (Å²) in [4.78, 5) is 12.5. The van der Waals surface area contributed by atoms with Crippen LogP contribution in [0.25, 0.3) is 10.9 Å². The normalized spacial score (nSPS) is 12.6. The van der Waals surface area contributed by atoms with E-state index in [0.717, 1.165) is 16.5 Å². The summed E-state index contributed by atoms with van der Waals surface area (Å²) in [5.74, 6) is 1.24. The molecule has 3 aromatic carbocycles. The number of benzene rings is 3. The lowest BCUT2D eigenvalue weighted by molar-refractivity contribution is 0.174. The Hall–Kier alpha value is -3.98. The molecule has 0 spiro atoms. The zero-order valence-corrected chi connectivity index (χ0v) is 19.3. The third kappa shape index (κ3) is 4.29. The lowest BCUT2D eigenvalue weighted by atomic mass is 10.1. The summed E-state index contributed by atoms with van der Waals surface area (Å²) in [7, 11) is -3.71. The fourth-order valence-electron chi connectivity index (χ4n) is 3.81. The van der Waals surface area contributed by atoms with E-state index in [9.17, 15) is 13.2 Å². The maximum absolute atomic E-state index is 13.2. The maximum Gasteiger partial charge on any atom is 0.319 e. The molecule has 2 N–H and O–H groups in total. The molecule has 1 aromatic heterocycles. The Morgan fingerprint density at radius 2 is 1.76 bits per heavy atom. The molecular weight excluding hydrogens is 454 g/mol. The van der Waals surface area contributed by atoms with Crippen molar-refractivity contribution in [2.24, 2.45) is 0 Å². The quantitative estimate of drug-likeness (QED) is 0.432. The standard InChI is InChI=1S/C25H23N3O5S/c1-17-2-7-21(8-3-17)34(30,31)28-13-11-19-5-4-18(14-22(19)28)10-12-26-25(29)27-20-6-9-23-24(15-20)33-16-32-23/h2-9,11,13-15H,10,12,16H2,1H3,(H2,26,27,29). The number of aromatic nitrogens is 1. The lowest BCUT2D eigenvalue weighted by Gasteiger charge is -2.10. The monoisotopic (exact) mass is 477 g/mol. The predicted octanol–water partition coefficient (Wildman–Crippen LogP) is 4.28. The fraction of sp³-hybridized carbons (Fsp3) is 0.160. The Kier molecular flexibility index (Phi) is 5.62. The van der Waals surface area contributed by atoms with E-state index < -0.39 is 10.0 Å². The molecule has 0 saturated carbocycles. The molecular formula is C25H23N3O5S. The van der Waals surface area contributed by atoms with Crippen molar-refractivity contribution in [2.45, 2.75) is 18.2 Å². The maximum atomic E-state index is 13.2. The van der Waals surface area contributed by atoms with Crippen molar-refractivity contribution in [3.63, 3.8) is 0 Å². The van der Waals surface area contributed by atoms with Crippen LogP contribution < -0.4 is 20.1 Å². The molecule has 1 aliphatic rings. The average Bonchev–Trinajstić information content (AvgIpc) is 3.46. The highest BCUT2D eigenvalue weighted by Crippen LogP contribution is 2.34. The Bertz CT molecular complexity index is 1480. The average molecular weight is 478 g/mol. The summed E-state index contributed by atoms with van der Waals surface area (Å²) < 4.78 is 38.2. The van der Waals surface area contributed by atoms with Crippen molar-refractivity contribution in [2.75, 3.05) is 18.7 Å². The van der Waals surface area contributed by atoms with Gasteiger partial charge in [-0.1, -0.05) is 29.8 Å². The predicted molar refractivity (Wildman–Crippen MR) is 129 cm³/mol. The zero-order valence-electron chi connectivity index (χ0n) is 18.4.